The van der Waals surface area contributed by atoms with Crippen molar-refractivity contribution in [3.05, 3.63) is 95.1 Å². The first-order chi connectivity index (χ1) is 27.2. The summed E-state index contributed by atoms with van der Waals surface area (Å²) < 4.78 is 24.2. The number of carbonyl (C=O) groups excluding carboxylic acids is 5. The number of allylic oxidation sites excluding steroid dienone is 1. The second-order valence-electron chi connectivity index (χ2n) is 17.0. The lowest BCUT2D eigenvalue weighted by molar-refractivity contribution is -0.346. The topological polar surface area (TPSA) is 215 Å². The zero-order valence-electron chi connectivity index (χ0n) is 33.7. The van der Waals surface area contributed by atoms with Gasteiger partial charge in [0.05, 0.1) is 35.6 Å². The maximum atomic E-state index is 14.9. The highest BCUT2D eigenvalue weighted by Gasteiger charge is 2.78. The highest BCUT2D eigenvalue weighted by molar-refractivity contribution is 5.94. The minimum absolute atomic E-state index is 0.0419. The Bertz CT molecular complexity index is 2000. The number of Topliss-reactive ketones (excluding diaryl/α,β-unsaturated/α-hetero) is 1. The fourth-order valence-corrected chi connectivity index (χ4v) is 9.61. The standard InChI is InChI=1S/C44H53NO13/c1-23(2)18-19-31(48)45-33(26-14-10-8-11-15-26)35(50)40(53)56-28-21-44(54)38(57-39(52)27-16-12-9-13-17-27)36-42(7,37(51)34(49)32(24(28)3)41(44,5)6)29(47)20-30-43(36,22-55-30)58-25(4)46/h8-19,23,28-30,33-36,38,47,49-50,54H,20-22H2,1-7H3,(H,45,48)/b19-18+/t28-,29-,30+,33-,34+,35+,36-,38-,42+,43-,44+/m0/s1. The molecule has 0 unspecified atom stereocenters. The van der Waals surface area contributed by atoms with E-state index in [0.29, 0.717) is 5.56 Å². The zero-order chi connectivity index (χ0) is 42.5. The Morgan fingerprint density at radius 1 is 0.966 bits per heavy atom. The van der Waals surface area contributed by atoms with E-state index >= 15 is 0 Å². The minimum Gasteiger partial charge on any atom is -0.456 e. The van der Waals surface area contributed by atoms with Gasteiger partial charge in [-0.25, -0.2) is 9.59 Å². The molecule has 312 valence electrons. The molecule has 2 aromatic rings. The van der Waals surface area contributed by atoms with E-state index in [4.69, 9.17) is 18.9 Å². The molecule has 14 heteroatoms. The van der Waals surface area contributed by atoms with Gasteiger partial charge < -0.3 is 44.7 Å². The maximum absolute atomic E-state index is 14.9. The summed E-state index contributed by atoms with van der Waals surface area (Å²) >= 11 is 0. The highest BCUT2D eigenvalue weighted by Crippen LogP contribution is 2.64. The van der Waals surface area contributed by atoms with Gasteiger partial charge in [0.2, 0.25) is 5.91 Å². The first-order valence-electron chi connectivity index (χ1n) is 19.5. The van der Waals surface area contributed by atoms with Crippen molar-refractivity contribution >= 4 is 29.6 Å². The molecule has 3 aliphatic carbocycles. The fourth-order valence-electron chi connectivity index (χ4n) is 9.61. The third-order valence-corrected chi connectivity index (χ3v) is 12.8. The molecule has 11 atom stereocenters. The van der Waals surface area contributed by atoms with Crippen molar-refractivity contribution in [2.24, 2.45) is 22.7 Å². The van der Waals surface area contributed by atoms with Gasteiger partial charge in [-0.05, 0) is 54.7 Å². The number of fused-ring (bicyclic) bond motifs is 5. The fraction of sp³-hybridized carbons (Fsp3) is 0.523. The molecule has 5 N–H and O–H groups in total. The molecule has 0 spiro atoms. The molecule has 0 aromatic heterocycles. The summed E-state index contributed by atoms with van der Waals surface area (Å²) in [4.78, 5) is 68.9. The first-order valence-corrected chi connectivity index (χ1v) is 19.5. The van der Waals surface area contributed by atoms with Gasteiger partial charge >= 0.3 is 17.9 Å². The van der Waals surface area contributed by atoms with E-state index in [0.717, 1.165) is 6.92 Å². The van der Waals surface area contributed by atoms with Crippen molar-refractivity contribution in [3.8, 4) is 0 Å². The lowest BCUT2D eigenvalue weighted by Crippen LogP contribution is -2.81. The van der Waals surface area contributed by atoms with Crippen LogP contribution in [0.2, 0.25) is 0 Å². The molecule has 3 fully saturated rings. The van der Waals surface area contributed by atoms with Gasteiger partial charge in [0, 0.05) is 25.2 Å². The molecule has 1 amide bonds. The highest BCUT2D eigenvalue weighted by atomic mass is 16.6. The molecular formula is C44H53NO13. The Balaban J connectivity index is 1.49. The van der Waals surface area contributed by atoms with Crippen LogP contribution in [0.5, 0.6) is 0 Å². The number of rotatable bonds is 10. The van der Waals surface area contributed by atoms with E-state index in [1.165, 1.54) is 32.1 Å². The number of aliphatic hydroxyl groups is 4. The monoisotopic (exact) mass is 803 g/mol. The van der Waals surface area contributed by atoms with Crippen LogP contribution in [0.3, 0.4) is 0 Å². The number of esters is 3. The van der Waals surface area contributed by atoms with Gasteiger partial charge in [0.15, 0.2) is 17.5 Å². The second-order valence-corrected chi connectivity index (χ2v) is 17.0. The predicted molar refractivity (Wildman–Crippen MR) is 206 cm³/mol. The van der Waals surface area contributed by atoms with Crippen LogP contribution in [0.1, 0.15) is 83.3 Å². The lowest BCUT2D eigenvalue weighted by atomic mass is 9.44. The maximum Gasteiger partial charge on any atom is 0.338 e. The average Bonchev–Trinajstić information content (AvgIpc) is 3.17. The molecule has 1 aliphatic heterocycles. The molecule has 14 nitrogen and oxygen atoms in total. The lowest BCUT2D eigenvalue weighted by Gasteiger charge is -2.67. The third-order valence-electron chi connectivity index (χ3n) is 12.8. The number of nitrogens with one attached hydrogen (secondary N) is 1. The number of ketones is 1. The number of amides is 1. The summed E-state index contributed by atoms with van der Waals surface area (Å²) in [6.07, 6.45) is -7.46. The molecule has 58 heavy (non-hydrogen) atoms. The summed E-state index contributed by atoms with van der Waals surface area (Å²) in [5, 5.41) is 51.7. The summed E-state index contributed by atoms with van der Waals surface area (Å²) in [5.41, 5.74) is -7.08. The molecule has 2 bridgehead atoms. The molecule has 4 aliphatic rings. The van der Waals surface area contributed by atoms with Crippen LogP contribution in [0.25, 0.3) is 0 Å². The largest absolute Gasteiger partial charge is 0.456 e. The molecule has 2 saturated carbocycles. The molecular weight excluding hydrogens is 750 g/mol. The Hall–Kier alpha value is -4.73. The Morgan fingerprint density at radius 3 is 2.16 bits per heavy atom. The number of aliphatic hydroxyl groups excluding tert-OH is 3. The number of ether oxygens (including phenoxy) is 4. The Labute approximate surface area is 337 Å². The number of hydrogen-bond donors (Lipinski definition) is 5. The van der Waals surface area contributed by atoms with E-state index in [1.807, 2.05) is 13.8 Å². The molecule has 1 heterocycles. The van der Waals surface area contributed by atoms with Gasteiger partial charge in [-0.1, -0.05) is 82.3 Å². The van der Waals surface area contributed by atoms with Crippen molar-refractivity contribution in [2.75, 3.05) is 6.61 Å². The van der Waals surface area contributed by atoms with Crippen molar-refractivity contribution in [2.45, 2.75) is 115 Å². The van der Waals surface area contributed by atoms with E-state index < -0.39 is 107 Å². The van der Waals surface area contributed by atoms with Gasteiger partial charge in [0.25, 0.3) is 0 Å². The SMILES string of the molecule is CC(=O)O[C@@]12CO[C@@H]1C[C@H](O)[C@@]1(C)C(=O)[C@H](O)C3=C(C)[C@@H](OC(=O)[C@H](O)[C@@H](NC(=O)/C=C/C(C)C)c4ccccc4)C[C@@](O)([C@@H](OC(=O)c4ccccc4)[C@H]21)C3(C)C. The summed E-state index contributed by atoms with van der Waals surface area (Å²) in [7, 11) is 0. The number of carbonyl (C=O) groups is 5. The van der Waals surface area contributed by atoms with E-state index in [-0.39, 0.29) is 35.7 Å². The Kier molecular flexibility index (Phi) is 11.7. The average molecular weight is 804 g/mol. The Morgan fingerprint density at radius 2 is 1.59 bits per heavy atom. The zero-order valence-corrected chi connectivity index (χ0v) is 33.7. The van der Waals surface area contributed by atoms with E-state index in [1.54, 1.807) is 68.5 Å². The van der Waals surface area contributed by atoms with Gasteiger partial charge in [-0.2, -0.15) is 0 Å². The predicted octanol–water partition coefficient (Wildman–Crippen LogP) is 3.06. The van der Waals surface area contributed by atoms with Crippen LogP contribution in [0.15, 0.2) is 84.0 Å². The summed E-state index contributed by atoms with van der Waals surface area (Å²) in [6, 6.07) is 14.9. The third kappa shape index (κ3) is 7.08. The van der Waals surface area contributed by atoms with Gasteiger partial charge in [0.1, 0.15) is 30.0 Å². The molecule has 1 saturated heterocycles. The smallest absolute Gasteiger partial charge is 0.338 e. The van der Waals surface area contributed by atoms with Crippen molar-refractivity contribution in [1.29, 1.82) is 0 Å². The quantitative estimate of drug-likeness (QED) is 0.101. The second kappa shape index (κ2) is 15.8. The normalized spacial score (nSPS) is 33.7. The van der Waals surface area contributed by atoms with Crippen molar-refractivity contribution < 1.29 is 63.3 Å². The van der Waals surface area contributed by atoms with Crippen molar-refractivity contribution in [3.63, 3.8) is 0 Å². The first kappa shape index (κ1) is 42.9. The molecule has 2 aromatic carbocycles. The molecule has 0 radical (unpaired) electrons. The van der Waals surface area contributed by atoms with E-state index in [2.05, 4.69) is 5.32 Å². The number of hydrogen-bond acceptors (Lipinski definition) is 13. The van der Waals surface area contributed by atoms with Crippen LogP contribution in [0.4, 0.5) is 0 Å². The van der Waals surface area contributed by atoms with Crippen LogP contribution in [-0.4, -0.2) is 104 Å². The molecule has 6 rings (SSSR count). The summed E-state index contributed by atoms with van der Waals surface area (Å²) in [6.45, 7) is 10.7. The van der Waals surface area contributed by atoms with Crippen LogP contribution >= 0.6 is 0 Å². The number of benzene rings is 2. The van der Waals surface area contributed by atoms with Crippen LogP contribution < -0.4 is 5.32 Å². The van der Waals surface area contributed by atoms with Crippen LogP contribution in [0, 0.1) is 22.7 Å². The van der Waals surface area contributed by atoms with Gasteiger partial charge in [-0.15, -0.1) is 0 Å². The van der Waals surface area contributed by atoms with E-state index in [9.17, 15) is 44.4 Å². The van der Waals surface area contributed by atoms with Crippen molar-refractivity contribution in [1.82, 2.24) is 5.32 Å². The summed E-state index contributed by atoms with van der Waals surface area (Å²) in [5.74, 6) is -5.83. The van der Waals surface area contributed by atoms with Gasteiger partial charge in [-0.3, -0.25) is 14.4 Å². The van der Waals surface area contributed by atoms with Crippen LogP contribution in [-0.2, 0) is 38.1 Å². The minimum atomic E-state index is -2.34.